The van der Waals surface area contributed by atoms with E-state index in [-0.39, 0.29) is 16.5 Å². The van der Waals surface area contributed by atoms with Crippen molar-refractivity contribution in [1.82, 2.24) is 0 Å². The van der Waals surface area contributed by atoms with Crippen LogP contribution in [0.3, 0.4) is 0 Å². The number of rotatable bonds is 4. The highest BCUT2D eigenvalue weighted by Gasteiger charge is 2.11. The van der Waals surface area contributed by atoms with Crippen LogP contribution in [0.5, 0.6) is 5.75 Å². The summed E-state index contributed by atoms with van der Waals surface area (Å²) >= 11 is 6.89. The molecule has 0 spiro atoms. The first kappa shape index (κ1) is 16.3. The van der Waals surface area contributed by atoms with Gasteiger partial charge in [0.25, 0.3) is 0 Å². The van der Waals surface area contributed by atoms with Gasteiger partial charge in [-0.2, -0.15) is 5.26 Å². The zero-order valence-corrected chi connectivity index (χ0v) is 12.5. The average Bonchev–Trinajstić information content (AvgIpc) is 2.50. The number of nitriles is 1. The molecular weight excluding hydrogens is 332 g/mol. The number of benzene rings is 2. The number of carbonyl (C=O) groups excluding carboxylic acids is 1. The molecule has 0 bridgehead atoms. The van der Waals surface area contributed by atoms with Gasteiger partial charge in [-0.05, 0) is 36.4 Å². The number of ether oxygens (including phenoxy) is 1. The summed E-state index contributed by atoms with van der Waals surface area (Å²) in [5.41, 5.74) is 0.348. The van der Waals surface area contributed by atoms with Crippen molar-refractivity contribution < 1.29 is 18.3 Å². The summed E-state index contributed by atoms with van der Waals surface area (Å²) in [6.07, 6.45) is 0. The van der Waals surface area contributed by atoms with Gasteiger partial charge in [-0.15, -0.1) is 11.8 Å². The Morgan fingerprint density at radius 1 is 1.23 bits per heavy atom. The molecule has 0 aliphatic heterocycles. The first-order chi connectivity index (χ1) is 10.5. The highest BCUT2D eigenvalue weighted by molar-refractivity contribution is 8.00. The van der Waals surface area contributed by atoms with Crippen molar-refractivity contribution >= 4 is 29.3 Å². The molecule has 22 heavy (non-hydrogen) atoms. The second-order valence-corrected chi connectivity index (χ2v) is 5.55. The summed E-state index contributed by atoms with van der Waals surface area (Å²) in [4.78, 5) is 12.1. The van der Waals surface area contributed by atoms with Crippen LogP contribution >= 0.6 is 23.4 Å². The quantitative estimate of drug-likeness (QED) is 0.476. The zero-order chi connectivity index (χ0) is 16.1. The lowest BCUT2D eigenvalue weighted by Gasteiger charge is -2.06. The van der Waals surface area contributed by atoms with Crippen LogP contribution in [0.2, 0.25) is 5.02 Å². The summed E-state index contributed by atoms with van der Waals surface area (Å²) < 4.78 is 30.9. The van der Waals surface area contributed by atoms with Crippen LogP contribution in [0.25, 0.3) is 0 Å². The number of halogens is 3. The Morgan fingerprint density at radius 2 is 2.00 bits per heavy atom. The van der Waals surface area contributed by atoms with Crippen LogP contribution in [-0.2, 0) is 4.79 Å². The van der Waals surface area contributed by atoms with Gasteiger partial charge >= 0.3 is 5.97 Å². The molecule has 0 saturated heterocycles. The molecular formula is C15H8ClF2NO2S. The van der Waals surface area contributed by atoms with Gasteiger partial charge in [-0.1, -0.05) is 11.6 Å². The molecule has 7 heteroatoms. The lowest BCUT2D eigenvalue weighted by Crippen LogP contribution is -2.11. The van der Waals surface area contributed by atoms with Gasteiger partial charge in [0.05, 0.1) is 22.4 Å². The van der Waals surface area contributed by atoms with E-state index in [1.807, 2.05) is 6.07 Å². The van der Waals surface area contributed by atoms with E-state index < -0.39 is 17.6 Å². The van der Waals surface area contributed by atoms with Crippen molar-refractivity contribution in [3.63, 3.8) is 0 Å². The fourth-order valence-corrected chi connectivity index (χ4v) is 2.43. The van der Waals surface area contributed by atoms with Crippen LogP contribution in [0.15, 0.2) is 41.3 Å². The fraction of sp³-hybridized carbons (Fsp3) is 0.0667. The van der Waals surface area contributed by atoms with Gasteiger partial charge in [0.2, 0.25) is 0 Å². The number of carbonyl (C=O) groups is 1. The van der Waals surface area contributed by atoms with E-state index >= 15 is 0 Å². The van der Waals surface area contributed by atoms with Crippen molar-refractivity contribution in [3.05, 3.63) is 58.6 Å². The smallest absolute Gasteiger partial charge is 0.321 e. The van der Waals surface area contributed by atoms with Gasteiger partial charge in [0, 0.05) is 4.90 Å². The van der Waals surface area contributed by atoms with Gasteiger partial charge in [0.15, 0.2) is 11.6 Å². The normalized spacial score (nSPS) is 10.1. The third-order valence-electron chi connectivity index (χ3n) is 2.53. The zero-order valence-electron chi connectivity index (χ0n) is 11.0. The molecule has 3 nitrogen and oxygen atoms in total. The first-order valence-corrected chi connectivity index (χ1v) is 7.34. The maximum absolute atomic E-state index is 13.0. The summed E-state index contributed by atoms with van der Waals surface area (Å²) in [6.45, 7) is 0. The average molecular weight is 340 g/mol. The Bertz CT molecular complexity index is 762. The van der Waals surface area contributed by atoms with Crippen LogP contribution in [0, 0.1) is 23.0 Å². The maximum Gasteiger partial charge on any atom is 0.321 e. The second kappa shape index (κ2) is 7.25. The molecule has 0 saturated carbocycles. The van der Waals surface area contributed by atoms with E-state index in [9.17, 15) is 13.6 Å². The lowest BCUT2D eigenvalue weighted by atomic mass is 10.2. The van der Waals surface area contributed by atoms with Crippen LogP contribution < -0.4 is 4.74 Å². The highest BCUT2D eigenvalue weighted by atomic mass is 35.5. The van der Waals surface area contributed by atoms with Crippen molar-refractivity contribution in [2.45, 2.75) is 4.90 Å². The number of nitrogens with zero attached hydrogens (tertiary/aromatic N) is 1. The summed E-state index contributed by atoms with van der Waals surface area (Å²) in [5, 5.41) is 8.85. The molecule has 0 amide bonds. The molecule has 2 rings (SSSR count). The van der Waals surface area contributed by atoms with Gasteiger partial charge in [-0.3, -0.25) is 4.79 Å². The van der Waals surface area contributed by atoms with E-state index in [1.165, 1.54) is 24.3 Å². The van der Waals surface area contributed by atoms with Gasteiger partial charge in [0.1, 0.15) is 5.75 Å². The molecule has 0 N–H and O–H groups in total. The molecule has 0 aliphatic carbocycles. The van der Waals surface area contributed by atoms with Crippen molar-refractivity contribution in [2.24, 2.45) is 0 Å². The first-order valence-electron chi connectivity index (χ1n) is 5.98. The standard InChI is InChI=1S/C15H8ClF2NO2S/c16-11-5-9(7-19)1-4-14(11)21-15(20)8-22-10-2-3-12(17)13(18)6-10/h1-6H,8H2. The number of thioether (sulfide) groups is 1. The molecule has 0 aliphatic rings. The molecule has 2 aromatic rings. The monoisotopic (exact) mass is 339 g/mol. The molecule has 2 aromatic carbocycles. The Morgan fingerprint density at radius 3 is 2.64 bits per heavy atom. The molecule has 112 valence electrons. The Kier molecular flexibility index (Phi) is 5.36. The number of hydrogen-bond donors (Lipinski definition) is 0. The van der Waals surface area contributed by atoms with E-state index in [4.69, 9.17) is 21.6 Å². The van der Waals surface area contributed by atoms with Gasteiger partial charge in [-0.25, -0.2) is 8.78 Å². The Balaban J connectivity index is 1.96. The highest BCUT2D eigenvalue weighted by Crippen LogP contribution is 2.26. The SMILES string of the molecule is N#Cc1ccc(OC(=O)CSc2ccc(F)c(F)c2)c(Cl)c1. The van der Waals surface area contributed by atoms with E-state index in [1.54, 1.807) is 0 Å². The van der Waals surface area contributed by atoms with E-state index in [0.717, 1.165) is 23.9 Å². The third-order valence-corrected chi connectivity index (χ3v) is 3.80. The molecule has 0 radical (unpaired) electrons. The predicted molar refractivity (Wildman–Crippen MR) is 78.9 cm³/mol. The largest absolute Gasteiger partial charge is 0.424 e. The minimum absolute atomic E-state index is 0.0958. The van der Waals surface area contributed by atoms with Crippen molar-refractivity contribution in [2.75, 3.05) is 5.75 Å². The minimum Gasteiger partial charge on any atom is -0.424 e. The van der Waals surface area contributed by atoms with E-state index in [2.05, 4.69) is 0 Å². The van der Waals surface area contributed by atoms with Crippen molar-refractivity contribution in [1.29, 1.82) is 5.26 Å². The molecule has 0 unspecified atom stereocenters. The Labute approximate surface area is 134 Å². The molecule has 0 aromatic heterocycles. The van der Waals surface area contributed by atoms with Gasteiger partial charge < -0.3 is 4.74 Å². The second-order valence-electron chi connectivity index (χ2n) is 4.10. The third kappa shape index (κ3) is 4.20. The summed E-state index contributed by atoms with van der Waals surface area (Å²) in [5.74, 6) is -2.48. The molecule has 0 fully saturated rings. The van der Waals surface area contributed by atoms with Crippen LogP contribution in [0.1, 0.15) is 5.56 Å². The molecule has 0 atom stereocenters. The number of esters is 1. The fourth-order valence-electron chi connectivity index (χ4n) is 1.51. The molecule has 0 heterocycles. The van der Waals surface area contributed by atoms with Crippen LogP contribution in [0.4, 0.5) is 8.78 Å². The maximum atomic E-state index is 13.0. The predicted octanol–water partition coefficient (Wildman–Crippen LogP) is 4.19. The summed E-state index contributed by atoms with van der Waals surface area (Å²) in [7, 11) is 0. The minimum atomic E-state index is -0.978. The number of hydrogen-bond acceptors (Lipinski definition) is 4. The Hall–Kier alpha value is -2.10. The van der Waals surface area contributed by atoms with E-state index in [0.29, 0.717) is 10.5 Å². The van der Waals surface area contributed by atoms with Crippen LogP contribution in [-0.4, -0.2) is 11.7 Å². The summed E-state index contributed by atoms with van der Waals surface area (Å²) in [6, 6.07) is 9.53. The topological polar surface area (TPSA) is 50.1 Å². The lowest BCUT2D eigenvalue weighted by molar-refractivity contribution is -0.131. The van der Waals surface area contributed by atoms with Crippen molar-refractivity contribution in [3.8, 4) is 11.8 Å².